The number of ether oxygens (including phenoxy) is 1. The number of aliphatic carboxylic acids is 1. The zero-order chi connectivity index (χ0) is 24.5. The highest BCUT2D eigenvalue weighted by Crippen LogP contribution is 2.39. The van der Waals surface area contributed by atoms with Crippen LogP contribution in [0.25, 0.3) is 32.9 Å². The number of carbonyl (C=O) groups is 2. The monoisotopic (exact) mass is 468 g/mol. The molecule has 0 unspecified atom stereocenters. The highest BCUT2D eigenvalue weighted by Gasteiger charge is 2.21. The van der Waals surface area contributed by atoms with Crippen molar-refractivity contribution >= 4 is 33.7 Å². The van der Waals surface area contributed by atoms with Crippen LogP contribution < -0.4 is 10.5 Å². The number of hydrogen-bond acceptors (Lipinski definition) is 3. The molecule has 0 fully saturated rings. The Kier molecular flexibility index (Phi) is 5.66. The maximum absolute atomic E-state index is 14.7. The van der Waals surface area contributed by atoms with E-state index >= 15 is 0 Å². The maximum Gasteiger partial charge on any atom is 0.341 e. The van der Waals surface area contributed by atoms with Crippen LogP contribution in [-0.4, -0.2) is 28.2 Å². The number of benzene rings is 4. The number of fused-ring (bicyclic) bond motifs is 3. The SMILES string of the molecule is NC(=O)c1cccc2c1c1c(OCC(=O)O)cccc1n2Cc1ccccc1-c1ccccc1F. The molecule has 7 heteroatoms. The summed E-state index contributed by atoms with van der Waals surface area (Å²) in [6.07, 6.45) is 0. The summed E-state index contributed by atoms with van der Waals surface area (Å²) in [6, 6.07) is 24.7. The molecule has 0 radical (unpaired) electrons. The molecule has 0 bridgehead atoms. The van der Waals surface area contributed by atoms with Gasteiger partial charge < -0.3 is 20.1 Å². The lowest BCUT2D eigenvalue weighted by molar-refractivity contribution is -0.139. The van der Waals surface area contributed by atoms with E-state index in [4.69, 9.17) is 15.6 Å². The van der Waals surface area contributed by atoms with E-state index in [1.807, 2.05) is 41.0 Å². The van der Waals surface area contributed by atoms with E-state index < -0.39 is 18.5 Å². The molecule has 6 nitrogen and oxygen atoms in total. The number of nitrogens with zero attached hydrogens (tertiary/aromatic N) is 1. The predicted octanol–water partition coefficient (Wildman–Crippen LogP) is 5.21. The Bertz CT molecular complexity index is 1610. The average molecular weight is 468 g/mol. The van der Waals surface area contributed by atoms with Gasteiger partial charge in [0.25, 0.3) is 0 Å². The average Bonchev–Trinajstić information content (AvgIpc) is 3.17. The van der Waals surface area contributed by atoms with Crippen LogP contribution >= 0.6 is 0 Å². The maximum atomic E-state index is 14.7. The fourth-order valence-corrected chi connectivity index (χ4v) is 4.56. The van der Waals surface area contributed by atoms with Crippen molar-refractivity contribution < 1.29 is 23.8 Å². The third kappa shape index (κ3) is 3.97. The van der Waals surface area contributed by atoms with E-state index in [2.05, 4.69) is 0 Å². The van der Waals surface area contributed by atoms with Gasteiger partial charge in [-0.05, 0) is 41.5 Å². The van der Waals surface area contributed by atoms with Gasteiger partial charge in [-0.15, -0.1) is 0 Å². The minimum atomic E-state index is -1.11. The molecule has 174 valence electrons. The second-order valence-electron chi connectivity index (χ2n) is 8.12. The van der Waals surface area contributed by atoms with Crippen molar-refractivity contribution in [3.05, 3.63) is 102 Å². The first-order valence-electron chi connectivity index (χ1n) is 11.0. The van der Waals surface area contributed by atoms with Crippen molar-refractivity contribution in [1.29, 1.82) is 0 Å². The zero-order valence-corrected chi connectivity index (χ0v) is 18.6. The molecule has 35 heavy (non-hydrogen) atoms. The van der Waals surface area contributed by atoms with Gasteiger partial charge in [0.1, 0.15) is 11.6 Å². The van der Waals surface area contributed by atoms with Gasteiger partial charge >= 0.3 is 5.97 Å². The first-order chi connectivity index (χ1) is 17.0. The number of carbonyl (C=O) groups excluding carboxylic acids is 1. The minimum Gasteiger partial charge on any atom is -0.481 e. The van der Waals surface area contributed by atoms with E-state index in [0.29, 0.717) is 34.2 Å². The smallest absolute Gasteiger partial charge is 0.341 e. The molecule has 4 aromatic carbocycles. The van der Waals surface area contributed by atoms with Gasteiger partial charge in [0.05, 0.1) is 16.4 Å². The summed E-state index contributed by atoms with van der Waals surface area (Å²) in [7, 11) is 0. The molecular formula is C28H21FN2O4. The summed E-state index contributed by atoms with van der Waals surface area (Å²) < 4.78 is 22.2. The van der Waals surface area contributed by atoms with Crippen molar-refractivity contribution in [3.63, 3.8) is 0 Å². The van der Waals surface area contributed by atoms with Crippen LogP contribution in [0.15, 0.2) is 84.9 Å². The van der Waals surface area contributed by atoms with Crippen molar-refractivity contribution in [2.45, 2.75) is 6.54 Å². The van der Waals surface area contributed by atoms with Gasteiger partial charge in [-0.3, -0.25) is 4.79 Å². The Morgan fingerprint density at radius 1 is 0.829 bits per heavy atom. The normalized spacial score (nSPS) is 11.1. The summed E-state index contributed by atoms with van der Waals surface area (Å²) in [5.74, 6) is -1.69. The van der Waals surface area contributed by atoms with Gasteiger partial charge in [-0.1, -0.05) is 54.6 Å². The third-order valence-corrected chi connectivity index (χ3v) is 6.00. The lowest BCUT2D eigenvalue weighted by atomic mass is 9.99. The lowest BCUT2D eigenvalue weighted by Gasteiger charge is -2.14. The standard InChI is InChI=1S/C28H21FN2O4/c29-21-11-4-3-9-19(21)18-8-2-1-7-17(18)15-31-22-12-5-10-20(28(30)34)26(22)27-23(31)13-6-14-24(27)35-16-25(32)33/h1-14H,15-16H2,(H2,30,34)(H,32,33). The number of amides is 1. The van der Waals surface area contributed by atoms with Gasteiger partial charge in [-0.2, -0.15) is 0 Å². The Morgan fingerprint density at radius 2 is 1.49 bits per heavy atom. The van der Waals surface area contributed by atoms with Gasteiger partial charge in [0.2, 0.25) is 5.91 Å². The predicted molar refractivity (Wildman–Crippen MR) is 132 cm³/mol. The molecular weight excluding hydrogens is 447 g/mol. The highest BCUT2D eigenvalue weighted by molar-refractivity contribution is 6.19. The zero-order valence-electron chi connectivity index (χ0n) is 18.6. The van der Waals surface area contributed by atoms with Crippen LogP contribution in [0.3, 0.4) is 0 Å². The topological polar surface area (TPSA) is 94.6 Å². The van der Waals surface area contributed by atoms with Crippen molar-refractivity contribution in [2.24, 2.45) is 5.73 Å². The van der Waals surface area contributed by atoms with Crippen molar-refractivity contribution in [3.8, 4) is 16.9 Å². The molecule has 0 atom stereocenters. The Hall–Kier alpha value is -4.65. The number of nitrogens with two attached hydrogens (primary N) is 1. The first kappa shape index (κ1) is 22.2. The van der Waals surface area contributed by atoms with E-state index in [9.17, 15) is 14.0 Å². The fraction of sp³-hybridized carbons (Fsp3) is 0.0714. The largest absolute Gasteiger partial charge is 0.481 e. The number of aromatic nitrogens is 1. The molecule has 0 aliphatic heterocycles. The van der Waals surface area contributed by atoms with E-state index in [1.54, 1.807) is 42.5 Å². The second-order valence-corrected chi connectivity index (χ2v) is 8.12. The molecule has 0 saturated heterocycles. The molecule has 1 aromatic heterocycles. The van der Waals surface area contributed by atoms with Gasteiger partial charge in [0, 0.05) is 23.1 Å². The van der Waals surface area contributed by atoms with Crippen molar-refractivity contribution in [2.75, 3.05) is 6.61 Å². The van der Waals surface area contributed by atoms with Crippen LogP contribution in [0.2, 0.25) is 0 Å². The van der Waals surface area contributed by atoms with Gasteiger partial charge in [0.15, 0.2) is 6.61 Å². The lowest BCUT2D eigenvalue weighted by Crippen LogP contribution is -2.11. The quantitative estimate of drug-likeness (QED) is 0.343. The van der Waals surface area contributed by atoms with E-state index in [1.165, 1.54) is 6.07 Å². The van der Waals surface area contributed by atoms with E-state index in [0.717, 1.165) is 22.2 Å². The fourth-order valence-electron chi connectivity index (χ4n) is 4.56. The number of carboxylic acids is 1. The molecule has 1 heterocycles. The van der Waals surface area contributed by atoms with Crippen LogP contribution in [0.5, 0.6) is 5.75 Å². The molecule has 0 aliphatic rings. The number of carboxylic acid groups (broad SMARTS) is 1. The number of primary amides is 1. The van der Waals surface area contributed by atoms with Crippen molar-refractivity contribution in [1.82, 2.24) is 4.57 Å². The molecule has 3 N–H and O–H groups in total. The third-order valence-electron chi connectivity index (χ3n) is 6.00. The molecule has 1 amide bonds. The molecule has 0 aliphatic carbocycles. The Balaban J connectivity index is 1.76. The number of hydrogen-bond donors (Lipinski definition) is 2. The summed E-state index contributed by atoms with van der Waals surface area (Å²) in [4.78, 5) is 23.5. The Labute approximate surface area is 200 Å². The Morgan fingerprint density at radius 3 is 2.20 bits per heavy atom. The minimum absolute atomic E-state index is 0.306. The van der Waals surface area contributed by atoms with Crippen LogP contribution in [0.4, 0.5) is 4.39 Å². The molecule has 0 spiro atoms. The second kappa shape index (κ2) is 8.95. The summed E-state index contributed by atoms with van der Waals surface area (Å²) in [6.45, 7) is -0.157. The summed E-state index contributed by atoms with van der Waals surface area (Å²) in [5, 5.41) is 10.3. The number of halogens is 1. The van der Waals surface area contributed by atoms with Crippen LogP contribution in [0.1, 0.15) is 15.9 Å². The summed E-state index contributed by atoms with van der Waals surface area (Å²) in [5.41, 5.74) is 9.59. The van der Waals surface area contributed by atoms with Crippen LogP contribution in [-0.2, 0) is 11.3 Å². The molecule has 5 rings (SSSR count). The molecule has 5 aromatic rings. The highest BCUT2D eigenvalue weighted by atomic mass is 19.1. The van der Waals surface area contributed by atoms with E-state index in [-0.39, 0.29) is 5.82 Å². The summed E-state index contributed by atoms with van der Waals surface area (Å²) >= 11 is 0. The molecule has 0 saturated carbocycles. The number of rotatable bonds is 7. The first-order valence-corrected chi connectivity index (χ1v) is 11.0. The van der Waals surface area contributed by atoms with Gasteiger partial charge in [-0.25, -0.2) is 9.18 Å². The van der Waals surface area contributed by atoms with Crippen LogP contribution in [0, 0.1) is 5.82 Å².